The molecular formula is C26H28IN3O4. The van der Waals surface area contributed by atoms with Gasteiger partial charge in [0.2, 0.25) is 0 Å². The van der Waals surface area contributed by atoms with Gasteiger partial charge in [-0.25, -0.2) is 5.43 Å². The third-order valence-electron chi connectivity index (χ3n) is 4.89. The quantitative estimate of drug-likeness (QED) is 0.165. The maximum absolute atomic E-state index is 12.1. The second kappa shape index (κ2) is 11.8. The van der Waals surface area contributed by atoms with E-state index in [1.807, 2.05) is 18.2 Å². The van der Waals surface area contributed by atoms with Gasteiger partial charge in [0.05, 0.1) is 16.9 Å². The monoisotopic (exact) mass is 573 g/mol. The molecule has 0 radical (unpaired) electrons. The normalized spacial score (nSPS) is 11.3. The van der Waals surface area contributed by atoms with Crippen LogP contribution in [-0.2, 0) is 5.41 Å². The van der Waals surface area contributed by atoms with Crippen molar-refractivity contribution in [3.8, 4) is 17.2 Å². The average Bonchev–Trinajstić information content (AvgIpc) is 2.82. The van der Waals surface area contributed by atoms with Crippen molar-refractivity contribution in [1.82, 2.24) is 10.4 Å². The highest BCUT2D eigenvalue weighted by molar-refractivity contribution is 14.1. The van der Waals surface area contributed by atoms with E-state index in [-0.39, 0.29) is 11.3 Å². The third-order valence-corrected chi connectivity index (χ3v) is 5.69. The molecule has 2 aromatic carbocycles. The summed E-state index contributed by atoms with van der Waals surface area (Å²) < 4.78 is 18.1. The predicted octanol–water partition coefficient (Wildman–Crippen LogP) is 5.21. The van der Waals surface area contributed by atoms with Gasteiger partial charge in [-0.2, -0.15) is 5.10 Å². The van der Waals surface area contributed by atoms with E-state index in [4.69, 9.17) is 14.2 Å². The number of rotatable bonds is 9. The maximum atomic E-state index is 12.1. The number of amides is 1. The van der Waals surface area contributed by atoms with Crippen molar-refractivity contribution in [3.63, 3.8) is 0 Å². The van der Waals surface area contributed by atoms with Gasteiger partial charge >= 0.3 is 0 Å². The minimum absolute atomic E-state index is 0.108. The zero-order valence-corrected chi connectivity index (χ0v) is 21.8. The summed E-state index contributed by atoms with van der Waals surface area (Å²) in [5, 5.41) is 4.03. The third kappa shape index (κ3) is 7.18. The van der Waals surface area contributed by atoms with E-state index in [0.717, 1.165) is 14.9 Å². The van der Waals surface area contributed by atoms with Crippen LogP contribution in [0, 0.1) is 3.57 Å². The summed E-state index contributed by atoms with van der Waals surface area (Å²) in [6, 6.07) is 15.1. The Morgan fingerprint density at radius 1 is 1.06 bits per heavy atom. The van der Waals surface area contributed by atoms with Crippen molar-refractivity contribution in [2.45, 2.75) is 26.2 Å². The molecule has 0 unspecified atom stereocenters. The van der Waals surface area contributed by atoms with E-state index in [1.165, 1.54) is 5.56 Å². The SMILES string of the molecule is COc1cc(/C=N\NC(=O)c2ccncc2)cc(I)c1OCCOc1ccc(C(C)(C)C)cc1. The Morgan fingerprint density at radius 3 is 2.38 bits per heavy atom. The number of methoxy groups -OCH3 is 1. The number of carbonyl (C=O) groups excluding carboxylic acids is 1. The molecule has 1 amide bonds. The molecule has 1 heterocycles. The highest BCUT2D eigenvalue weighted by Gasteiger charge is 2.14. The summed E-state index contributed by atoms with van der Waals surface area (Å²) in [7, 11) is 1.58. The van der Waals surface area contributed by atoms with Gasteiger partial charge in [0.1, 0.15) is 19.0 Å². The Hall–Kier alpha value is -3.14. The first kappa shape index (κ1) is 25.5. The minimum atomic E-state index is -0.312. The van der Waals surface area contributed by atoms with E-state index in [9.17, 15) is 4.79 Å². The Morgan fingerprint density at radius 2 is 1.74 bits per heavy atom. The zero-order chi connectivity index (χ0) is 24.6. The molecule has 0 saturated heterocycles. The number of benzene rings is 2. The number of carbonyl (C=O) groups is 1. The Kier molecular flexibility index (Phi) is 8.86. The van der Waals surface area contributed by atoms with Crippen LogP contribution in [0.4, 0.5) is 0 Å². The van der Waals surface area contributed by atoms with Crippen LogP contribution in [-0.4, -0.2) is 37.4 Å². The molecule has 0 aliphatic carbocycles. The lowest BCUT2D eigenvalue weighted by Gasteiger charge is -2.19. The Bertz CT molecular complexity index is 1130. The van der Waals surface area contributed by atoms with E-state index in [0.29, 0.717) is 30.3 Å². The van der Waals surface area contributed by atoms with Crippen LogP contribution in [0.5, 0.6) is 17.2 Å². The van der Waals surface area contributed by atoms with Gasteiger partial charge in [0.25, 0.3) is 5.91 Å². The number of hydrazone groups is 1. The Labute approximate surface area is 213 Å². The van der Waals surface area contributed by atoms with Gasteiger partial charge in [0, 0.05) is 18.0 Å². The maximum Gasteiger partial charge on any atom is 0.271 e. The van der Waals surface area contributed by atoms with Gasteiger partial charge in [-0.3, -0.25) is 9.78 Å². The van der Waals surface area contributed by atoms with E-state index in [2.05, 4.69) is 71.0 Å². The van der Waals surface area contributed by atoms with Crippen LogP contribution in [0.2, 0.25) is 0 Å². The van der Waals surface area contributed by atoms with Gasteiger partial charge in [-0.05, 0) is 75.5 Å². The predicted molar refractivity (Wildman–Crippen MR) is 141 cm³/mol. The summed E-state index contributed by atoms with van der Waals surface area (Å²) in [6.07, 6.45) is 4.66. The van der Waals surface area contributed by atoms with Gasteiger partial charge < -0.3 is 14.2 Å². The lowest BCUT2D eigenvalue weighted by Crippen LogP contribution is -2.17. The van der Waals surface area contributed by atoms with Crippen LogP contribution < -0.4 is 19.6 Å². The molecule has 0 atom stereocenters. The van der Waals surface area contributed by atoms with E-state index < -0.39 is 0 Å². The van der Waals surface area contributed by atoms with E-state index >= 15 is 0 Å². The molecular weight excluding hydrogens is 545 g/mol. The lowest BCUT2D eigenvalue weighted by atomic mass is 9.87. The van der Waals surface area contributed by atoms with Crippen LogP contribution >= 0.6 is 22.6 Å². The fourth-order valence-corrected chi connectivity index (χ4v) is 3.82. The molecule has 178 valence electrons. The summed E-state index contributed by atoms with van der Waals surface area (Å²) in [4.78, 5) is 16.0. The van der Waals surface area contributed by atoms with Crippen molar-refractivity contribution in [3.05, 3.63) is 81.2 Å². The van der Waals surface area contributed by atoms with Crippen LogP contribution in [0.3, 0.4) is 0 Å². The van der Waals surface area contributed by atoms with Gasteiger partial charge in [0.15, 0.2) is 11.5 Å². The summed E-state index contributed by atoms with van der Waals surface area (Å²) >= 11 is 2.18. The molecule has 0 aliphatic rings. The first-order chi connectivity index (χ1) is 16.3. The molecule has 0 spiro atoms. The number of aromatic nitrogens is 1. The summed E-state index contributed by atoms with van der Waals surface area (Å²) in [5.74, 6) is 1.70. The highest BCUT2D eigenvalue weighted by Crippen LogP contribution is 2.33. The van der Waals surface area contributed by atoms with Gasteiger partial charge in [-0.1, -0.05) is 32.9 Å². The topological polar surface area (TPSA) is 82.0 Å². The second-order valence-electron chi connectivity index (χ2n) is 8.44. The van der Waals surface area contributed by atoms with Crippen molar-refractivity contribution in [2.24, 2.45) is 5.10 Å². The van der Waals surface area contributed by atoms with E-state index in [1.54, 1.807) is 43.9 Å². The molecule has 0 aliphatic heterocycles. The molecule has 0 bridgehead atoms. The van der Waals surface area contributed by atoms with Crippen LogP contribution in [0.1, 0.15) is 42.3 Å². The Balaban J connectivity index is 1.55. The number of hydrogen-bond donors (Lipinski definition) is 1. The van der Waals surface area contributed by atoms with Crippen molar-refractivity contribution < 1.29 is 19.0 Å². The molecule has 1 N–H and O–H groups in total. The van der Waals surface area contributed by atoms with Crippen molar-refractivity contribution in [2.75, 3.05) is 20.3 Å². The molecule has 3 aromatic rings. The minimum Gasteiger partial charge on any atom is -0.493 e. The average molecular weight is 573 g/mol. The molecule has 3 rings (SSSR count). The molecule has 8 heteroatoms. The van der Waals surface area contributed by atoms with Crippen LogP contribution in [0.25, 0.3) is 0 Å². The summed E-state index contributed by atoms with van der Waals surface area (Å²) in [5.41, 5.74) is 5.11. The fraction of sp³-hybridized carbons (Fsp3) is 0.269. The first-order valence-electron chi connectivity index (χ1n) is 10.7. The largest absolute Gasteiger partial charge is 0.493 e. The lowest BCUT2D eigenvalue weighted by molar-refractivity contribution is 0.0955. The van der Waals surface area contributed by atoms with Crippen LogP contribution in [0.15, 0.2) is 66.0 Å². The molecule has 34 heavy (non-hydrogen) atoms. The highest BCUT2D eigenvalue weighted by atomic mass is 127. The number of hydrogen-bond acceptors (Lipinski definition) is 6. The number of ether oxygens (including phenoxy) is 3. The van der Waals surface area contributed by atoms with Gasteiger partial charge in [-0.15, -0.1) is 0 Å². The zero-order valence-electron chi connectivity index (χ0n) is 19.7. The standard InChI is InChI=1S/C26H28IN3O4/c1-26(2,3)20-5-7-21(8-6-20)33-13-14-34-24-22(27)15-18(16-23(24)32-4)17-29-30-25(31)19-9-11-28-12-10-19/h5-12,15-17H,13-14H2,1-4H3,(H,30,31)/b29-17-. The number of nitrogens with zero attached hydrogens (tertiary/aromatic N) is 2. The van der Waals surface area contributed by atoms with Crippen molar-refractivity contribution >= 4 is 34.7 Å². The molecule has 7 nitrogen and oxygen atoms in total. The molecule has 0 fully saturated rings. The smallest absolute Gasteiger partial charge is 0.271 e. The second-order valence-corrected chi connectivity index (χ2v) is 9.60. The number of pyridine rings is 1. The fourth-order valence-electron chi connectivity index (χ4n) is 3.04. The number of halogens is 1. The molecule has 0 saturated carbocycles. The summed E-state index contributed by atoms with van der Waals surface area (Å²) in [6.45, 7) is 7.31. The number of nitrogens with one attached hydrogen (secondary N) is 1. The first-order valence-corrected chi connectivity index (χ1v) is 11.8. The van der Waals surface area contributed by atoms with Crippen molar-refractivity contribution in [1.29, 1.82) is 0 Å². The molecule has 1 aromatic heterocycles.